The van der Waals surface area contributed by atoms with E-state index in [9.17, 15) is 4.79 Å². The molecule has 0 atom stereocenters. The van der Waals surface area contributed by atoms with E-state index in [0.29, 0.717) is 13.0 Å². The molecule has 0 unspecified atom stereocenters. The zero-order chi connectivity index (χ0) is 13.5. The van der Waals surface area contributed by atoms with E-state index in [1.165, 1.54) is 11.5 Å². The lowest BCUT2D eigenvalue weighted by atomic mass is 10.1. The Hall–Kier alpha value is -1.04. The van der Waals surface area contributed by atoms with Crippen molar-refractivity contribution in [1.29, 1.82) is 0 Å². The molecular weight excluding hydrogens is 258 g/mol. The van der Waals surface area contributed by atoms with Crippen LogP contribution >= 0.6 is 11.8 Å². The van der Waals surface area contributed by atoms with Gasteiger partial charge in [-0.2, -0.15) is 11.8 Å². The smallest absolute Gasteiger partial charge is 0.251 e. The fraction of sp³-hybridized carbons (Fsp3) is 0.500. The summed E-state index contributed by atoms with van der Waals surface area (Å²) in [7, 11) is 0. The summed E-state index contributed by atoms with van der Waals surface area (Å²) in [5.41, 5.74) is 7.46. The molecule has 1 fully saturated rings. The molecule has 0 aromatic carbocycles. The molecule has 4 nitrogen and oxygen atoms in total. The zero-order valence-corrected chi connectivity index (χ0v) is 11.9. The number of pyridine rings is 1. The van der Waals surface area contributed by atoms with Crippen LogP contribution in [0.3, 0.4) is 0 Å². The molecule has 1 aromatic rings. The molecule has 1 saturated heterocycles. The van der Waals surface area contributed by atoms with Crippen molar-refractivity contribution in [2.45, 2.75) is 13.0 Å². The molecule has 0 aliphatic carbocycles. The van der Waals surface area contributed by atoms with Crippen LogP contribution < -0.4 is 11.3 Å². The highest BCUT2D eigenvalue weighted by molar-refractivity contribution is 7.99. The Morgan fingerprint density at radius 1 is 1.37 bits per heavy atom. The van der Waals surface area contributed by atoms with E-state index in [2.05, 4.69) is 9.88 Å². The third kappa shape index (κ3) is 4.23. The summed E-state index contributed by atoms with van der Waals surface area (Å²) in [5, 5.41) is 0. The standard InChI is InChI=1S/C14H21N3OS/c15-5-2-1-3-13-12(4-6-16-14(13)18)11-17-7-9-19-10-8-17/h1-2,4,6H,3,5,7-11,15H2,(H,16,18). The van der Waals surface area contributed by atoms with Gasteiger partial charge in [-0.15, -0.1) is 0 Å². The third-order valence-electron chi connectivity index (χ3n) is 3.28. The van der Waals surface area contributed by atoms with Gasteiger partial charge >= 0.3 is 0 Å². The van der Waals surface area contributed by atoms with Crippen LogP contribution in [-0.2, 0) is 13.0 Å². The number of aromatic amines is 1. The van der Waals surface area contributed by atoms with Gasteiger partial charge in [-0.25, -0.2) is 0 Å². The predicted octanol–water partition coefficient (Wildman–Crippen LogP) is 0.981. The van der Waals surface area contributed by atoms with Crippen LogP contribution in [-0.4, -0.2) is 41.0 Å². The van der Waals surface area contributed by atoms with E-state index >= 15 is 0 Å². The minimum atomic E-state index is 0.0190. The second kappa shape index (κ2) is 7.53. The third-order valence-corrected chi connectivity index (χ3v) is 4.23. The first-order valence-electron chi connectivity index (χ1n) is 6.66. The molecule has 1 aromatic heterocycles. The fourth-order valence-electron chi connectivity index (χ4n) is 2.22. The van der Waals surface area contributed by atoms with Crippen LogP contribution in [0.4, 0.5) is 0 Å². The monoisotopic (exact) mass is 279 g/mol. The minimum Gasteiger partial charge on any atom is -0.329 e. The first-order chi connectivity index (χ1) is 9.31. The Bertz CT molecular complexity index is 478. The molecule has 5 heteroatoms. The first kappa shape index (κ1) is 14.4. The van der Waals surface area contributed by atoms with E-state index in [0.717, 1.165) is 30.8 Å². The Morgan fingerprint density at radius 2 is 2.16 bits per heavy atom. The molecule has 2 heterocycles. The summed E-state index contributed by atoms with van der Waals surface area (Å²) in [6.07, 6.45) is 6.27. The van der Waals surface area contributed by atoms with Crippen molar-refractivity contribution >= 4 is 11.8 Å². The Labute approximate surface area is 118 Å². The predicted molar refractivity (Wildman–Crippen MR) is 81.6 cm³/mol. The van der Waals surface area contributed by atoms with E-state index in [1.807, 2.05) is 30.0 Å². The number of rotatable bonds is 5. The number of nitrogens with zero attached hydrogens (tertiary/aromatic N) is 1. The number of hydrogen-bond donors (Lipinski definition) is 2. The van der Waals surface area contributed by atoms with E-state index in [1.54, 1.807) is 6.20 Å². The number of aromatic nitrogens is 1. The van der Waals surface area contributed by atoms with E-state index in [-0.39, 0.29) is 5.56 Å². The molecule has 104 valence electrons. The molecule has 1 aliphatic rings. The van der Waals surface area contributed by atoms with Gasteiger partial charge in [0.1, 0.15) is 0 Å². The Morgan fingerprint density at radius 3 is 2.89 bits per heavy atom. The van der Waals surface area contributed by atoms with Gasteiger partial charge in [-0.05, 0) is 18.1 Å². The van der Waals surface area contributed by atoms with E-state index < -0.39 is 0 Å². The summed E-state index contributed by atoms with van der Waals surface area (Å²) in [6, 6.07) is 2.02. The maximum absolute atomic E-state index is 11.9. The number of nitrogens with two attached hydrogens (primary N) is 1. The highest BCUT2D eigenvalue weighted by Crippen LogP contribution is 2.14. The van der Waals surface area contributed by atoms with Gasteiger partial charge in [-0.3, -0.25) is 9.69 Å². The average molecular weight is 279 g/mol. The lowest BCUT2D eigenvalue weighted by Crippen LogP contribution is -2.33. The summed E-state index contributed by atoms with van der Waals surface area (Å²) in [5.74, 6) is 2.37. The van der Waals surface area contributed by atoms with Crippen molar-refractivity contribution in [3.8, 4) is 0 Å². The summed E-state index contributed by atoms with van der Waals surface area (Å²) >= 11 is 2.00. The van der Waals surface area contributed by atoms with Crippen LogP contribution in [0.25, 0.3) is 0 Å². The normalized spacial score (nSPS) is 17.1. The lowest BCUT2D eigenvalue weighted by Gasteiger charge is -2.26. The molecule has 3 N–H and O–H groups in total. The summed E-state index contributed by atoms with van der Waals surface area (Å²) in [4.78, 5) is 17.1. The minimum absolute atomic E-state index is 0.0190. The van der Waals surface area contributed by atoms with E-state index in [4.69, 9.17) is 5.73 Å². The van der Waals surface area contributed by atoms with Crippen molar-refractivity contribution < 1.29 is 0 Å². The van der Waals surface area contributed by atoms with Crippen molar-refractivity contribution in [1.82, 2.24) is 9.88 Å². The van der Waals surface area contributed by atoms with Gasteiger partial charge in [0.2, 0.25) is 0 Å². The molecule has 0 saturated carbocycles. The summed E-state index contributed by atoms with van der Waals surface area (Å²) in [6.45, 7) is 3.60. The van der Waals surface area contributed by atoms with Crippen LogP contribution in [0.5, 0.6) is 0 Å². The molecule has 0 spiro atoms. The largest absolute Gasteiger partial charge is 0.329 e. The SMILES string of the molecule is NCC=CCc1c(CN2CCSCC2)cc[nH]c1=O. The summed E-state index contributed by atoms with van der Waals surface area (Å²) < 4.78 is 0. The maximum Gasteiger partial charge on any atom is 0.251 e. The van der Waals surface area contributed by atoms with Gasteiger partial charge in [0, 0.05) is 49.4 Å². The second-order valence-corrected chi connectivity index (χ2v) is 5.84. The molecule has 1 aliphatic heterocycles. The van der Waals surface area contributed by atoms with Crippen molar-refractivity contribution in [2.24, 2.45) is 5.73 Å². The van der Waals surface area contributed by atoms with Crippen LogP contribution in [0.1, 0.15) is 11.1 Å². The molecular formula is C14H21N3OS. The molecule has 2 rings (SSSR count). The average Bonchev–Trinajstić information content (AvgIpc) is 2.43. The molecule has 0 amide bonds. The number of allylic oxidation sites excluding steroid dienone is 1. The molecule has 0 bridgehead atoms. The van der Waals surface area contributed by atoms with Crippen molar-refractivity contribution in [3.63, 3.8) is 0 Å². The fourth-order valence-corrected chi connectivity index (χ4v) is 3.20. The van der Waals surface area contributed by atoms with Gasteiger partial charge in [0.25, 0.3) is 5.56 Å². The quantitative estimate of drug-likeness (QED) is 0.789. The Kier molecular flexibility index (Phi) is 5.69. The van der Waals surface area contributed by atoms with Crippen molar-refractivity contribution in [3.05, 3.63) is 45.9 Å². The van der Waals surface area contributed by atoms with Crippen LogP contribution in [0.2, 0.25) is 0 Å². The van der Waals surface area contributed by atoms with Gasteiger partial charge < -0.3 is 10.7 Å². The zero-order valence-electron chi connectivity index (χ0n) is 11.1. The van der Waals surface area contributed by atoms with Gasteiger partial charge in [0.15, 0.2) is 0 Å². The molecule has 19 heavy (non-hydrogen) atoms. The number of nitrogens with one attached hydrogen (secondary N) is 1. The van der Waals surface area contributed by atoms with Crippen molar-refractivity contribution in [2.75, 3.05) is 31.1 Å². The first-order valence-corrected chi connectivity index (χ1v) is 7.81. The topological polar surface area (TPSA) is 62.1 Å². The maximum atomic E-state index is 11.9. The number of H-pyrrole nitrogens is 1. The van der Waals surface area contributed by atoms with Crippen LogP contribution in [0.15, 0.2) is 29.2 Å². The Balaban J connectivity index is 2.11. The number of hydrogen-bond acceptors (Lipinski definition) is 4. The van der Waals surface area contributed by atoms with Gasteiger partial charge in [0.05, 0.1) is 0 Å². The lowest BCUT2D eigenvalue weighted by molar-refractivity contribution is 0.293. The molecule has 0 radical (unpaired) electrons. The second-order valence-electron chi connectivity index (χ2n) is 4.61. The number of thioether (sulfide) groups is 1. The highest BCUT2D eigenvalue weighted by Gasteiger charge is 2.13. The van der Waals surface area contributed by atoms with Gasteiger partial charge in [-0.1, -0.05) is 12.2 Å². The van der Waals surface area contributed by atoms with Crippen LogP contribution in [0, 0.1) is 0 Å². The highest BCUT2D eigenvalue weighted by atomic mass is 32.2.